The van der Waals surface area contributed by atoms with Crippen molar-refractivity contribution in [2.45, 2.75) is 13.5 Å². The van der Waals surface area contributed by atoms with Gasteiger partial charge in [-0.1, -0.05) is 29.5 Å². The van der Waals surface area contributed by atoms with Crippen molar-refractivity contribution in [3.05, 3.63) is 48.5 Å². The van der Waals surface area contributed by atoms with Gasteiger partial charge in [-0.15, -0.1) is 5.10 Å². The molecule has 1 aromatic heterocycles. The van der Waals surface area contributed by atoms with Crippen LogP contribution in [-0.4, -0.2) is 58.6 Å². The van der Waals surface area contributed by atoms with Gasteiger partial charge in [-0.25, -0.2) is 4.68 Å². The van der Waals surface area contributed by atoms with E-state index >= 15 is 0 Å². The number of rotatable bonds is 5. The fourth-order valence-electron chi connectivity index (χ4n) is 3.45. The smallest absolute Gasteiger partial charge is 0.244 e. The van der Waals surface area contributed by atoms with Gasteiger partial charge < -0.3 is 14.5 Å². The van der Waals surface area contributed by atoms with Gasteiger partial charge in [-0.05, 0) is 31.2 Å². The zero-order valence-electron chi connectivity index (χ0n) is 15.4. The second kappa shape index (κ2) is 7.65. The van der Waals surface area contributed by atoms with Crippen LogP contribution in [0.1, 0.15) is 6.92 Å². The Hall–Kier alpha value is -3.09. The quantitative estimate of drug-likeness (QED) is 0.693. The molecule has 1 saturated heterocycles. The maximum absolute atomic E-state index is 12.7. The monoisotopic (exact) mass is 365 g/mol. The van der Waals surface area contributed by atoms with Crippen molar-refractivity contribution >= 4 is 22.6 Å². The second-order valence-electron chi connectivity index (χ2n) is 6.50. The molecule has 0 unspecified atom stereocenters. The molecule has 0 atom stereocenters. The summed E-state index contributed by atoms with van der Waals surface area (Å²) in [6.45, 7) is 5.79. The van der Waals surface area contributed by atoms with E-state index in [0.717, 1.165) is 35.6 Å². The van der Waals surface area contributed by atoms with Gasteiger partial charge in [0.15, 0.2) is 0 Å². The number of fused-ring (bicyclic) bond motifs is 1. The lowest BCUT2D eigenvalue weighted by atomic mass is 10.2. The van der Waals surface area contributed by atoms with E-state index in [2.05, 4.69) is 21.3 Å². The van der Waals surface area contributed by atoms with E-state index in [1.807, 2.05) is 54.3 Å². The average Bonchev–Trinajstić information content (AvgIpc) is 3.12. The average molecular weight is 365 g/mol. The molecule has 1 fully saturated rings. The number of ether oxygens (including phenoxy) is 1. The lowest BCUT2D eigenvalue weighted by molar-refractivity contribution is -0.132. The number of aromatic nitrogens is 3. The van der Waals surface area contributed by atoms with Crippen LogP contribution in [-0.2, 0) is 11.3 Å². The first-order valence-electron chi connectivity index (χ1n) is 9.29. The number of hydrogen-bond donors (Lipinski definition) is 0. The third-order valence-electron chi connectivity index (χ3n) is 4.84. The number of carbonyl (C=O) groups excluding carboxylic acids is 1. The fraction of sp³-hybridized carbons (Fsp3) is 0.350. The first-order chi connectivity index (χ1) is 13.3. The van der Waals surface area contributed by atoms with Crippen molar-refractivity contribution in [3.8, 4) is 5.75 Å². The van der Waals surface area contributed by atoms with Gasteiger partial charge in [0.2, 0.25) is 5.91 Å². The van der Waals surface area contributed by atoms with Crippen molar-refractivity contribution in [2.75, 3.05) is 37.7 Å². The van der Waals surface area contributed by atoms with Crippen LogP contribution in [0.3, 0.4) is 0 Å². The predicted octanol–water partition coefficient (Wildman–Crippen LogP) is 2.18. The highest BCUT2D eigenvalue weighted by molar-refractivity contribution is 5.80. The van der Waals surface area contributed by atoms with Gasteiger partial charge in [-0.2, -0.15) is 0 Å². The minimum Gasteiger partial charge on any atom is -0.492 e. The third-order valence-corrected chi connectivity index (χ3v) is 4.84. The van der Waals surface area contributed by atoms with E-state index in [-0.39, 0.29) is 12.5 Å². The number of anilines is 1. The molecular weight excluding hydrogens is 342 g/mol. The third kappa shape index (κ3) is 3.58. The summed E-state index contributed by atoms with van der Waals surface area (Å²) in [5.74, 6) is 0.970. The first-order valence-corrected chi connectivity index (χ1v) is 9.29. The number of nitrogens with zero attached hydrogens (tertiary/aromatic N) is 5. The Kier molecular flexibility index (Phi) is 4.91. The summed E-state index contributed by atoms with van der Waals surface area (Å²) in [7, 11) is 0. The summed E-state index contributed by atoms with van der Waals surface area (Å²) >= 11 is 0. The Morgan fingerprint density at radius 3 is 2.59 bits per heavy atom. The summed E-state index contributed by atoms with van der Waals surface area (Å²) in [5, 5.41) is 8.23. The largest absolute Gasteiger partial charge is 0.492 e. The van der Waals surface area contributed by atoms with Crippen LogP contribution in [0.4, 0.5) is 5.69 Å². The standard InChI is InChI=1S/C20H23N5O2/c1-2-27-19-10-6-5-9-18(19)23-11-13-24(14-12-23)20(26)15-25-17-8-4-3-7-16(17)21-22-25/h3-10H,2,11-15H2,1H3. The van der Waals surface area contributed by atoms with E-state index in [4.69, 9.17) is 4.74 Å². The van der Waals surface area contributed by atoms with Crippen LogP contribution in [0, 0.1) is 0 Å². The van der Waals surface area contributed by atoms with E-state index in [1.165, 1.54) is 0 Å². The summed E-state index contributed by atoms with van der Waals surface area (Å²) in [5.41, 5.74) is 2.78. The van der Waals surface area contributed by atoms with Crippen molar-refractivity contribution in [1.82, 2.24) is 19.9 Å². The molecular formula is C20H23N5O2. The number of amides is 1. The van der Waals surface area contributed by atoms with Gasteiger partial charge in [0, 0.05) is 26.2 Å². The van der Waals surface area contributed by atoms with Crippen molar-refractivity contribution in [3.63, 3.8) is 0 Å². The number of piperazine rings is 1. The molecule has 0 aliphatic carbocycles. The molecule has 4 rings (SSSR count). The number of carbonyl (C=O) groups is 1. The van der Waals surface area contributed by atoms with Gasteiger partial charge in [0.1, 0.15) is 17.8 Å². The van der Waals surface area contributed by atoms with Crippen LogP contribution in [0.5, 0.6) is 5.75 Å². The van der Waals surface area contributed by atoms with E-state index < -0.39 is 0 Å². The molecule has 0 N–H and O–H groups in total. The minimum absolute atomic E-state index is 0.0726. The van der Waals surface area contributed by atoms with Crippen molar-refractivity contribution < 1.29 is 9.53 Å². The molecule has 7 nitrogen and oxygen atoms in total. The van der Waals surface area contributed by atoms with Gasteiger partial charge in [0.05, 0.1) is 17.8 Å². The normalized spacial score (nSPS) is 14.6. The molecule has 0 radical (unpaired) electrons. The summed E-state index contributed by atoms with van der Waals surface area (Å²) in [6.07, 6.45) is 0. The molecule has 2 heterocycles. The number of hydrogen-bond acceptors (Lipinski definition) is 5. The maximum atomic E-state index is 12.7. The van der Waals surface area contributed by atoms with Crippen LogP contribution < -0.4 is 9.64 Å². The van der Waals surface area contributed by atoms with Gasteiger partial charge in [0.25, 0.3) is 0 Å². The summed E-state index contributed by atoms with van der Waals surface area (Å²) in [6, 6.07) is 15.8. The molecule has 3 aromatic rings. The summed E-state index contributed by atoms with van der Waals surface area (Å²) < 4.78 is 7.41. The number of para-hydroxylation sites is 3. The topological polar surface area (TPSA) is 63.5 Å². The van der Waals surface area contributed by atoms with Gasteiger partial charge in [-0.3, -0.25) is 4.79 Å². The lowest BCUT2D eigenvalue weighted by Gasteiger charge is -2.36. The molecule has 0 bridgehead atoms. The Labute approximate surface area is 158 Å². The van der Waals surface area contributed by atoms with Crippen LogP contribution in [0.15, 0.2) is 48.5 Å². The van der Waals surface area contributed by atoms with E-state index in [0.29, 0.717) is 19.7 Å². The first kappa shape index (κ1) is 17.3. The lowest BCUT2D eigenvalue weighted by Crippen LogP contribution is -2.49. The highest BCUT2D eigenvalue weighted by atomic mass is 16.5. The Bertz CT molecular complexity index is 931. The minimum atomic E-state index is 0.0726. The zero-order chi connectivity index (χ0) is 18.6. The Morgan fingerprint density at radius 2 is 1.78 bits per heavy atom. The van der Waals surface area contributed by atoms with E-state index in [9.17, 15) is 4.79 Å². The predicted molar refractivity (Wildman–Crippen MR) is 104 cm³/mol. The van der Waals surface area contributed by atoms with Crippen molar-refractivity contribution in [2.24, 2.45) is 0 Å². The Balaban J connectivity index is 1.40. The summed E-state index contributed by atoms with van der Waals surface area (Å²) in [4.78, 5) is 16.9. The molecule has 140 valence electrons. The number of benzene rings is 2. The van der Waals surface area contributed by atoms with Crippen LogP contribution >= 0.6 is 0 Å². The SMILES string of the molecule is CCOc1ccccc1N1CCN(C(=O)Cn2nnc3ccccc32)CC1. The molecule has 1 amide bonds. The molecule has 0 spiro atoms. The van der Waals surface area contributed by atoms with Gasteiger partial charge >= 0.3 is 0 Å². The maximum Gasteiger partial charge on any atom is 0.244 e. The van der Waals surface area contributed by atoms with E-state index in [1.54, 1.807) is 4.68 Å². The zero-order valence-corrected chi connectivity index (χ0v) is 15.4. The molecule has 0 saturated carbocycles. The molecule has 1 aliphatic heterocycles. The Morgan fingerprint density at radius 1 is 1.04 bits per heavy atom. The van der Waals surface area contributed by atoms with Crippen LogP contribution in [0.2, 0.25) is 0 Å². The second-order valence-corrected chi connectivity index (χ2v) is 6.50. The van der Waals surface area contributed by atoms with Crippen LogP contribution in [0.25, 0.3) is 11.0 Å². The molecule has 2 aromatic carbocycles. The highest BCUT2D eigenvalue weighted by Gasteiger charge is 2.23. The fourth-order valence-corrected chi connectivity index (χ4v) is 3.45. The highest BCUT2D eigenvalue weighted by Crippen LogP contribution is 2.28. The molecule has 1 aliphatic rings. The molecule has 7 heteroatoms. The van der Waals surface area contributed by atoms with Crippen molar-refractivity contribution in [1.29, 1.82) is 0 Å². The molecule has 27 heavy (non-hydrogen) atoms.